The Morgan fingerprint density at radius 1 is 0.920 bits per heavy atom. The Kier molecular flexibility index (Phi) is 6.14. The lowest BCUT2D eigenvalue weighted by Crippen LogP contribution is -2.36. The van der Waals surface area contributed by atoms with Crippen molar-refractivity contribution < 1.29 is 9.18 Å². The molecule has 25 heavy (non-hydrogen) atoms. The maximum atomic E-state index is 13.6. The molecular formula is C20H24FN3O. The van der Waals surface area contributed by atoms with E-state index in [0.717, 1.165) is 39.1 Å². The Hall–Kier alpha value is -2.24. The van der Waals surface area contributed by atoms with Gasteiger partial charge in [-0.25, -0.2) is 4.39 Å². The summed E-state index contributed by atoms with van der Waals surface area (Å²) in [6, 6.07) is 16.7. The molecule has 0 radical (unpaired) electrons. The number of hydrogen-bond acceptors (Lipinski definition) is 3. The SMILES string of the molecule is O=C(CN1CCCN(Cc2ccccc2)CC1)Nc1ccccc1F. The van der Waals surface area contributed by atoms with Crippen molar-refractivity contribution in [3.05, 3.63) is 66.0 Å². The fourth-order valence-electron chi connectivity index (χ4n) is 3.14. The van der Waals surface area contributed by atoms with Gasteiger partial charge in [-0.1, -0.05) is 42.5 Å². The fourth-order valence-corrected chi connectivity index (χ4v) is 3.14. The lowest BCUT2D eigenvalue weighted by molar-refractivity contribution is -0.117. The van der Waals surface area contributed by atoms with Gasteiger partial charge in [0.15, 0.2) is 0 Å². The average molecular weight is 341 g/mol. The highest BCUT2D eigenvalue weighted by Gasteiger charge is 2.17. The number of amides is 1. The molecule has 0 spiro atoms. The van der Waals surface area contributed by atoms with Crippen molar-refractivity contribution in [2.75, 3.05) is 38.0 Å². The number of hydrogen-bond donors (Lipinski definition) is 1. The van der Waals surface area contributed by atoms with Crippen molar-refractivity contribution in [3.8, 4) is 0 Å². The van der Waals surface area contributed by atoms with Crippen LogP contribution in [0.15, 0.2) is 54.6 Å². The van der Waals surface area contributed by atoms with Crippen LogP contribution in [0, 0.1) is 5.82 Å². The van der Waals surface area contributed by atoms with E-state index in [2.05, 4.69) is 39.4 Å². The van der Waals surface area contributed by atoms with Gasteiger partial charge in [-0.3, -0.25) is 14.6 Å². The maximum absolute atomic E-state index is 13.6. The Bertz CT molecular complexity index is 692. The van der Waals surface area contributed by atoms with Gasteiger partial charge in [-0.05, 0) is 37.2 Å². The first kappa shape index (κ1) is 17.6. The van der Waals surface area contributed by atoms with Gasteiger partial charge >= 0.3 is 0 Å². The Labute approximate surface area is 148 Å². The Morgan fingerprint density at radius 3 is 2.40 bits per heavy atom. The first-order valence-electron chi connectivity index (χ1n) is 8.74. The highest BCUT2D eigenvalue weighted by molar-refractivity contribution is 5.92. The summed E-state index contributed by atoms with van der Waals surface area (Å²) in [5.41, 5.74) is 1.56. The topological polar surface area (TPSA) is 35.6 Å². The molecule has 1 heterocycles. The quantitative estimate of drug-likeness (QED) is 0.908. The summed E-state index contributed by atoms with van der Waals surface area (Å²) >= 11 is 0. The van der Waals surface area contributed by atoms with Gasteiger partial charge in [-0.2, -0.15) is 0 Å². The minimum Gasteiger partial charge on any atom is -0.322 e. The number of carbonyl (C=O) groups is 1. The van der Waals surface area contributed by atoms with Crippen LogP contribution in [0.4, 0.5) is 10.1 Å². The van der Waals surface area contributed by atoms with Crippen LogP contribution in [0.25, 0.3) is 0 Å². The minimum absolute atomic E-state index is 0.165. The molecule has 1 saturated heterocycles. The zero-order valence-electron chi connectivity index (χ0n) is 14.3. The molecule has 0 aliphatic carbocycles. The third-order valence-electron chi connectivity index (χ3n) is 4.45. The highest BCUT2D eigenvalue weighted by atomic mass is 19.1. The molecule has 1 amide bonds. The normalized spacial score (nSPS) is 16.4. The second-order valence-electron chi connectivity index (χ2n) is 6.42. The molecule has 0 atom stereocenters. The van der Waals surface area contributed by atoms with Crippen LogP contribution in [-0.2, 0) is 11.3 Å². The van der Waals surface area contributed by atoms with Gasteiger partial charge in [0.25, 0.3) is 0 Å². The molecule has 2 aromatic rings. The van der Waals surface area contributed by atoms with Crippen molar-refractivity contribution >= 4 is 11.6 Å². The molecule has 1 aliphatic heterocycles. The van der Waals surface area contributed by atoms with Gasteiger partial charge in [0.2, 0.25) is 5.91 Å². The molecule has 2 aromatic carbocycles. The van der Waals surface area contributed by atoms with E-state index < -0.39 is 5.82 Å². The molecule has 132 valence electrons. The van der Waals surface area contributed by atoms with Crippen LogP contribution in [0.2, 0.25) is 0 Å². The molecule has 1 fully saturated rings. The molecule has 0 saturated carbocycles. The molecular weight excluding hydrogens is 317 g/mol. The van der Waals surface area contributed by atoms with E-state index in [9.17, 15) is 9.18 Å². The summed E-state index contributed by atoms with van der Waals surface area (Å²) in [6.45, 7) is 4.93. The van der Waals surface area contributed by atoms with Gasteiger partial charge in [0.1, 0.15) is 5.82 Å². The number of anilines is 1. The number of para-hydroxylation sites is 1. The average Bonchev–Trinajstić information content (AvgIpc) is 2.83. The van der Waals surface area contributed by atoms with Crippen LogP contribution in [0.5, 0.6) is 0 Å². The first-order valence-corrected chi connectivity index (χ1v) is 8.74. The summed E-state index contributed by atoms with van der Waals surface area (Å²) in [4.78, 5) is 16.7. The number of carbonyl (C=O) groups excluding carboxylic acids is 1. The summed E-state index contributed by atoms with van der Waals surface area (Å²) in [6.07, 6.45) is 1.03. The molecule has 4 nitrogen and oxygen atoms in total. The molecule has 0 aromatic heterocycles. The monoisotopic (exact) mass is 341 g/mol. The van der Waals surface area contributed by atoms with E-state index >= 15 is 0 Å². The number of benzene rings is 2. The Balaban J connectivity index is 1.48. The van der Waals surface area contributed by atoms with Crippen molar-refractivity contribution in [3.63, 3.8) is 0 Å². The number of nitrogens with one attached hydrogen (secondary N) is 1. The third-order valence-corrected chi connectivity index (χ3v) is 4.45. The van der Waals surface area contributed by atoms with E-state index in [1.54, 1.807) is 18.2 Å². The second-order valence-corrected chi connectivity index (χ2v) is 6.42. The van der Waals surface area contributed by atoms with Gasteiger partial charge < -0.3 is 5.32 Å². The lowest BCUT2D eigenvalue weighted by Gasteiger charge is -2.21. The van der Waals surface area contributed by atoms with Crippen molar-refractivity contribution in [2.45, 2.75) is 13.0 Å². The summed E-state index contributed by atoms with van der Waals surface area (Å²) in [5.74, 6) is -0.567. The van der Waals surface area contributed by atoms with Crippen LogP contribution in [-0.4, -0.2) is 48.4 Å². The predicted octanol–water partition coefficient (Wildman–Crippen LogP) is 2.97. The minimum atomic E-state index is -0.402. The molecule has 5 heteroatoms. The number of halogens is 1. The summed E-state index contributed by atoms with van der Waals surface area (Å²) in [7, 11) is 0. The molecule has 1 N–H and O–H groups in total. The van der Waals surface area contributed by atoms with E-state index in [-0.39, 0.29) is 11.6 Å². The third kappa shape index (κ3) is 5.37. The molecule has 0 unspecified atom stereocenters. The van der Waals surface area contributed by atoms with E-state index in [1.807, 2.05) is 6.07 Å². The number of rotatable bonds is 5. The predicted molar refractivity (Wildman–Crippen MR) is 97.8 cm³/mol. The van der Waals surface area contributed by atoms with E-state index in [4.69, 9.17) is 0 Å². The zero-order valence-corrected chi connectivity index (χ0v) is 14.3. The first-order chi connectivity index (χ1) is 12.2. The Morgan fingerprint density at radius 2 is 1.60 bits per heavy atom. The molecule has 3 rings (SSSR count). The zero-order chi connectivity index (χ0) is 17.5. The highest BCUT2D eigenvalue weighted by Crippen LogP contribution is 2.13. The van der Waals surface area contributed by atoms with Gasteiger partial charge in [0, 0.05) is 19.6 Å². The molecule has 0 bridgehead atoms. The van der Waals surface area contributed by atoms with Crippen LogP contribution < -0.4 is 5.32 Å². The van der Waals surface area contributed by atoms with Gasteiger partial charge in [-0.15, -0.1) is 0 Å². The van der Waals surface area contributed by atoms with Crippen molar-refractivity contribution in [1.29, 1.82) is 0 Å². The van der Waals surface area contributed by atoms with E-state index in [0.29, 0.717) is 6.54 Å². The molecule has 1 aliphatic rings. The maximum Gasteiger partial charge on any atom is 0.238 e. The largest absolute Gasteiger partial charge is 0.322 e. The second kappa shape index (κ2) is 8.74. The van der Waals surface area contributed by atoms with Crippen molar-refractivity contribution in [2.24, 2.45) is 0 Å². The smallest absolute Gasteiger partial charge is 0.238 e. The summed E-state index contributed by atoms with van der Waals surface area (Å²) < 4.78 is 13.6. The van der Waals surface area contributed by atoms with Crippen molar-refractivity contribution in [1.82, 2.24) is 9.80 Å². The van der Waals surface area contributed by atoms with Crippen LogP contribution >= 0.6 is 0 Å². The van der Waals surface area contributed by atoms with Crippen LogP contribution in [0.1, 0.15) is 12.0 Å². The van der Waals surface area contributed by atoms with E-state index in [1.165, 1.54) is 11.6 Å². The fraction of sp³-hybridized carbons (Fsp3) is 0.350. The lowest BCUT2D eigenvalue weighted by atomic mass is 10.2. The number of nitrogens with zero attached hydrogens (tertiary/aromatic N) is 2. The standard InChI is InChI=1S/C20H24FN3O/c21-18-9-4-5-10-19(18)22-20(25)16-24-12-6-11-23(13-14-24)15-17-7-2-1-3-8-17/h1-5,7-10H,6,11-16H2,(H,22,25). The van der Waals surface area contributed by atoms with Crippen LogP contribution in [0.3, 0.4) is 0 Å². The van der Waals surface area contributed by atoms with Gasteiger partial charge in [0.05, 0.1) is 12.2 Å². The summed E-state index contributed by atoms with van der Waals surface area (Å²) in [5, 5.41) is 2.66.